The average Bonchev–Trinajstić information content (AvgIpc) is 2.70. The van der Waals surface area contributed by atoms with Crippen molar-refractivity contribution in [2.45, 2.75) is 72.6 Å². The van der Waals surface area contributed by atoms with Gasteiger partial charge in [0.2, 0.25) is 0 Å². The molecule has 1 aromatic heterocycles. The maximum atomic E-state index is 4.52. The smallest absolute Gasteiger partial charge is 0.117 e. The van der Waals surface area contributed by atoms with Crippen LogP contribution in [0.3, 0.4) is 0 Å². The Morgan fingerprint density at radius 1 is 0.952 bits per heavy atom. The number of hydrogen-bond donors (Lipinski definition) is 0. The minimum Gasteiger partial charge on any atom is -0.247 e. The largest absolute Gasteiger partial charge is 0.247 e. The summed E-state index contributed by atoms with van der Waals surface area (Å²) in [4.78, 5) is 0. The molecule has 2 aromatic rings. The van der Waals surface area contributed by atoms with E-state index in [0.717, 1.165) is 11.9 Å². The summed E-state index contributed by atoms with van der Waals surface area (Å²) in [5.41, 5.74) is 7.96. The molecule has 0 atom stereocenters. The van der Waals surface area contributed by atoms with E-state index in [2.05, 4.69) is 65.7 Å². The lowest BCUT2D eigenvalue weighted by atomic mass is 9.73. The molecule has 3 nitrogen and oxygen atoms in total. The first-order chi connectivity index (χ1) is 9.52. The first-order valence-electron chi connectivity index (χ1n) is 7.86. The minimum atomic E-state index is 0.0808. The Balaban J connectivity index is 3.04. The minimum absolute atomic E-state index is 0.0808. The molecule has 0 aliphatic carbocycles. The van der Waals surface area contributed by atoms with E-state index in [0.29, 0.717) is 0 Å². The van der Waals surface area contributed by atoms with Gasteiger partial charge in [0.1, 0.15) is 5.52 Å². The van der Waals surface area contributed by atoms with Crippen LogP contribution in [0.25, 0.3) is 11.0 Å². The topological polar surface area (TPSA) is 30.7 Å². The van der Waals surface area contributed by atoms with E-state index in [1.807, 2.05) is 11.7 Å². The van der Waals surface area contributed by atoms with Gasteiger partial charge in [-0.05, 0) is 53.4 Å². The summed E-state index contributed by atoms with van der Waals surface area (Å²) in [5, 5.41) is 8.85. The lowest BCUT2D eigenvalue weighted by Crippen LogP contribution is -2.22. The van der Waals surface area contributed by atoms with Gasteiger partial charge in [-0.25, -0.2) is 4.68 Å². The Kier molecular flexibility index (Phi) is 3.67. The fraction of sp³-hybridized carbons (Fsp3) is 0.667. The molecule has 0 spiro atoms. The van der Waals surface area contributed by atoms with E-state index in [-0.39, 0.29) is 10.8 Å². The molecule has 0 saturated carbocycles. The van der Waals surface area contributed by atoms with Gasteiger partial charge in [0.05, 0.1) is 5.52 Å². The number of rotatable bonds is 2. The summed E-state index contributed by atoms with van der Waals surface area (Å²) >= 11 is 0. The van der Waals surface area contributed by atoms with Crippen molar-refractivity contribution in [2.24, 2.45) is 7.05 Å². The molecule has 0 amide bonds. The molecule has 0 radical (unpaired) electrons. The molecule has 2 rings (SSSR count). The van der Waals surface area contributed by atoms with E-state index in [9.17, 15) is 0 Å². The van der Waals surface area contributed by atoms with Gasteiger partial charge in [-0.3, -0.25) is 0 Å². The van der Waals surface area contributed by atoms with Crippen LogP contribution < -0.4 is 0 Å². The monoisotopic (exact) mass is 287 g/mol. The van der Waals surface area contributed by atoms with Crippen molar-refractivity contribution in [2.75, 3.05) is 0 Å². The van der Waals surface area contributed by atoms with Crippen molar-refractivity contribution in [1.29, 1.82) is 0 Å². The number of aromatic nitrogens is 3. The molecule has 0 bridgehead atoms. The van der Waals surface area contributed by atoms with Crippen LogP contribution >= 0.6 is 0 Å². The van der Waals surface area contributed by atoms with Gasteiger partial charge in [-0.2, -0.15) is 0 Å². The maximum absolute atomic E-state index is 4.52. The Labute approximate surface area is 128 Å². The number of fused-ring (bicyclic) bond motifs is 1. The van der Waals surface area contributed by atoms with Gasteiger partial charge < -0.3 is 0 Å². The van der Waals surface area contributed by atoms with E-state index in [1.54, 1.807) is 0 Å². The highest BCUT2D eigenvalue weighted by Crippen LogP contribution is 2.41. The maximum Gasteiger partial charge on any atom is 0.117 e. The molecule has 0 aliphatic heterocycles. The first-order valence-corrected chi connectivity index (χ1v) is 7.86. The fourth-order valence-corrected chi connectivity index (χ4v) is 3.46. The van der Waals surface area contributed by atoms with Crippen molar-refractivity contribution < 1.29 is 0 Å². The predicted octanol–water partition coefficient (Wildman–Crippen LogP) is 4.57. The number of aryl methyl sites for hydroxylation is 1. The predicted molar refractivity (Wildman–Crippen MR) is 90.0 cm³/mol. The molecule has 21 heavy (non-hydrogen) atoms. The van der Waals surface area contributed by atoms with E-state index < -0.39 is 0 Å². The first kappa shape index (κ1) is 16.0. The van der Waals surface area contributed by atoms with E-state index >= 15 is 0 Å². The second-order valence-corrected chi connectivity index (χ2v) is 7.90. The zero-order valence-corrected chi connectivity index (χ0v) is 15.0. The molecule has 1 heterocycles. The van der Waals surface area contributed by atoms with Crippen LogP contribution in [-0.2, 0) is 17.9 Å². The summed E-state index contributed by atoms with van der Waals surface area (Å²) in [6, 6.07) is 0. The standard InChI is InChI=1S/C18H29N3/c1-10-18(7,8)13-11(2)12(3)14(17(4,5)6)16-15(13)19-20-21(16)9/h10H2,1-9H3. The van der Waals surface area contributed by atoms with Gasteiger partial charge >= 0.3 is 0 Å². The highest BCUT2D eigenvalue weighted by Gasteiger charge is 2.31. The van der Waals surface area contributed by atoms with Gasteiger partial charge in [0, 0.05) is 7.05 Å². The molecule has 0 fully saturated rings. The second-order valence-electron chi connectivity index (χ2n) is 7.90. The third kappa shape index (κ3) is 2.37. The summed E-state index contributed by atoms with van der Waals surface area (Å²) in [7, 11) is 2.00. The summed E-state index contributed by atoms with van der Waals surface area (Å²) < 4.78 is 1.94. The van der Waals surface area contributed by atoms with Gasteiger partial charge in [0.15, 0.2) is 0 Å². The van der Waals surface area contributed by atoms with E-state index in [4.69, 9.17) is 0 Å². The van der Waals surface area contributed by atoms with Crippen LogP contribution in [0.1, 0.15) is 70.2 Å². The van der Waals surface area contributed by atoms with Crippen LogP contribution in [0.15, 0.2) is 0 Å². The Hall–Kier alpha value is -1.38. The van der Waals surface area contributed by atoms with Crippen molar-refractivity contribution in [3.8, 4) is 0 Å². The molecule has 0 unspecified atom stereocenters. The van der Waals surface area contributed by atoms with Crippen molar-refractivity contribution in [3.63, 3.8) is 0 Å². The van der Waals surface area contributed by atoms with Gasteiger partial charge in [0.25, 0.3) is 0 Å². The zero-order valence-electron chi connectivity index (χ0n) is 15.0. The molecular formula is C18H29N3. The quantitative estimate of drug-likeness (QED) is 0.810. The fourth-order valence-electron chi connectivity index (χ4n) is 3.46. The zero-order chi connectivity index (χ0) is 16.2. The molecule has 3 heteroatoms. The third-order valence-corrected chi connectivity index (χ3v) is 4.92. The molecule has 0 saturated heterocycles. The third-order valence-electron chi connectivity index (χ3n) is 4.92. The molecular weight excluding hydrogens is 258 g/mol. The SMILES string of the molecule is CCC(C)(C)c1c(C)c(C)c(C(C)(C)C)c2c1nnn2C. The number of benzene rings is 1. The van der Waals surface area contributed by atoms with Crippen LogP contribution in [0.4, 0.5) is 0 Å². The summed E-state index contributed by atoms with van der Waals surface area (Å²) in [6.07, 6.45) is 1.09. The molecule has 0 N–H and O–H groups in total. The summed E-state index contributed by atoms with van der Waals surface area (Å²) in [5.74, 6) is 0. The normalized spacial score (nSPS) is 13.2. The van der Waals surface area contributed by atoms with Crippen LogP contribution in [0.5, 0.6) is 0 Å². The molecule has 1 aromatic carbocycles. The molecule has 116 valence electrons. The highest BCUT2D eigenvalue weighted by molar-refractivity contribution is 5.86. The number of hydrogen-bond acceptors (Lipinski definition) is 2. The van der Waals surface area contributed by atoms with Gasteiger partial charge in [-0.15, -0.1) is 5.10 Å². The Morgan fingerprint density at radius 3 is 1.95 bits per heavy atom. The van der Waals surface area contributed by atoms with Crippen molar-refractivity contribution in [1.82, 2.24) is 15.0 Å². The van der Waals surface area contributed by atoms with Crippen molar-refractivity contribution >= 4 is 11.0 Å². The summed E-state index contributed by atoms with van der Waals surface area (Å²) in [6.45, 7) is 18.2. The molecule has 0 aliphatic rings. The Bertz CT molecular complexity index is 685. The lowest BCUT2D eigenvalue weighted by Gasteiger charge is -2.31. The second kappa shape index (κ2) is 4.82. The van der Waals surface area contributed by atoms with Crippen molar-refractivity contribution in [3.05, 3.63) is 22.3 Å². The van der Waals surface area contributed by atoms with Gasteiger partial charge in [-0.1, -0.05) is 46.8 Å². The van der Waals surface area contributed by atoms with Crippen LogP contribution in [0, 0.1) is 13.8 Å². The highest BCUT2D eigenvalue weighted by atomic mass is 15.4. The number of nitrogens with zero attached hydrogens (tertiary/aromatic N) is 3. The lowest BCUT2D eigenvalue weighted by molar-refractivity contribution is 0.505. The van der Waals surface area contributed by atoms with Crippen LogP contribution in [-0.4, -0.2) is 15.0 Å². The Morgan fingerprint density at radius 2 is 1.48 bits per heavy atom. The van der Waals surface area contributed by atoms with E-state index in [1.165, 1.54) is 27.8 Å². The average molecular weight is 287 g/mol. The van der Waals surface area contributed by atoms with Crippen LogP contribution in [0.2, 0.25) is 0 Å².